The average Bonchev–Trinajstić information content (AvgIpc) is 3.11. The number of esters is 1. The molecule has 2 aliphatic carbocycles. The Morgan fingerprint density at radius 3 is 2.88 bits per heavy atom. The maximum Gasteiger partial charge on any atom is 0.310 e. The minimum Gasteiger partial charge on any atom is -0.461 e. The molecule has 34 heavy (non-hydrogen) atoms. The first-order chi connectivity index (χ1) is 16.3. The van der Waals surface area contributed by atoms with E-state index in [1.807, 2.05) is 0 Å². The molecule has 2 aromatic rings. The number of benzene rings is 1. The van der Waals surface area contributed by atoms with Crippen LogP contribution in [0, 0.1) is 27.9 Å². The number of nitrogens with zero attached hydrogens (tertiary/aromatic N) is 4. The van der Waals surface area contributed by atoms with Crippen LogP contribution in [0.4, 0.5) is 5.69 Å². The summed E-state index contributed by atoms with van der Waals surface area (Å²) in [5.74, 6) is 0.0421. The van der Waals surface area contributed by atoms with Gasteiger partial charge in [-0.2, -0.15) is 0 Å². The molecule has 0 spiro atoms. The number of rotatable bonds is 6. The second-order valence-electron chi connectivity index (χ2n) is 10.0. The summed E-state index contributed by atoms with van der Waals surface area (Å²) in [5, 5.41) is 22.5. The number of nitro benzene ring substituents is 1. The maximum absolute atomic E-state index is 12.9. The molecule has 178 valence electrons. The lowest BCUT2D eigenvalue weighted by molar-refractivity contribution is -0.384. The van der Waals surface area contributed by atoms with E-state index < -0.39 is 4.92 Å². The van der Waals surface area contributed by atoms with Gasteiger partial charge in [0.1, 0.15) is 11.7 Å². The van der Waals surface area contributed by atoms with E-state index >= 15 is 0 Å². The van der Waals surface area contributed by atoms with Gasteiger partial charge in [0, 0.05) is 37.1 Å². The van der Waals surface area contributed by atoms with Gasteiger partial charge in [-0.05, 0) is 45.2 Å². The van der Waals surface area contributed by atoms with Crippen LogP contribution in [0.25, 0.3) is 5.69 Å². The van der Waals surface area contributed by atoms with Crippen molar-refractivity contribution in [2.24, 2.45) is 17.8 Å². The van der Waals surface area contributed by atoms with Crippen LogP contribution in [-0.2, 0) is 20.8 Å². The number of ether oxygens (including phenoxy) is 2. The number of allylic oxidation sites excluding steroid dienone is 1. The predicted octanol–water partition coefficient (Wildman–Crippen LogP) is 2.71. The fourth-order valence-electron chi connectivity index (χ4n) is 6.19. The molecule has 0 radical (unpaired) electrons. The standard InChI is InChI=1S/C24H27N5O5/c1-13-3-8-17-19(23(30)33-22(17)21-18(13)9-20-24(21,2)34-20)11-25-10-14-12-28(27-26-14)15-4-6-16(7-5-15)29(31)32/h4-7,12,17,19-22,25H,3,8-11H2,1-2H3/t17-,19-,20+,21-,22-,24+/m0/s1. The van der Waals surface area contributed by atoms with Gasteiger partial charge in [-0.1, -0.05) is 16.4 Å². The van der Waals surface area contributed by atoms with Gasteiger partial charge >= 0.3 is 5.97 Å². The van der Waals surface area contributed by atoms with Crippen LogP contribution in [0.3, 0.4) is 0 Å². The van der Waals surface area contributed by atoms with Crippen molar-refractivity contribution < 1.29 is 19.2 Å². The summed E-state index contributed by atoms with van der Waals surface area (Å²) in [7, 11) is 0. The van der Waals surface area contributed by atoms with Crippen molar-refractivity contribution in [2.45, 2.75) is 57.5 Å². The molecule has 1 saturated carbocycles. The van der Waals surface area contributed by atoms with Gasteiger partial charge < -0.3 is 14.8 Å². The smallest absolute Gasteiger partial charge is 0.310 e. The SMILES string of the molecule is CC1=C2C[C@H]3O[C@@]3(C)[C@@H]2[C@H]2OC(=O)[C@@H](CNCc3cn(-c4ccc([N+](=O)[O-])cc4)nn3)[C@@H]2CC1. The third-order valence-corrected chi connectivity index (χ3v) is 8.14. The van der Waals surface area contributed by atoms with Crippen molar-refractivity contribution in [1.29, 1.82) is 0 Å². The lowest BCUT2D eigenvalue weighted by Crippen LogP contribution is -2.37. The Labute approximate surface area is 196 Å². The highest BCUT2D eigenvalue weighted by atomic mass is 16.6. The Morgan fingerprint density at radius 2 is 2.12 bits per heavy atom. The van der Waals surface area contributed by atoms with Crippen LogP contribution in [0.2, 0.25) is 0 Å². The molecular formula is C24H27N5O5. The topological polar surface area (TPSA) is 125 Å². The largest absolute Gasteiger partial charge is 0.461 e. The number of fused-ring (bicyclic) bond motifs is 5. The molecule has 4 aliphatic rings. The van der Waals surface area contributed by atoms with Gasteiger partial charge in [0.25, 0.3) is 5.69 Å². The number of nitrogens with one attached hydrogen (secondary N) is 1. The van der Waals surface area contributed by atoms with E-state index in [2.05, 4.69) is 29.5 Å². The monoisotopic (exact) mass is 465 g/mol. The van der Waals surface area contributed by atoms with Crippen molar-refractivity contribution in [1.82, 2.24) is 20.3 Å². The number of hydrogen-bond donors (Lipinski definition) is 1. The summed E-state index contributed by atoms with van der Waals surface area (Å²) in [6.45, 7) is 5.37. The fraction of sp³-hybridized carbons (Fsp3) is 0.542. The highest BCUT2D eigenvalue weighted by Crippen LogP contribution is 2.62. The van der Waals surface area contributed by atoms with E-state index in [-0.39, 0.29) is 47.2 Å². The van der Waals surface area contributed by atoms with Crippen molar-refractivity contribution in [2.75, 3.05) is 6.54 Å². The van der Waals surface area contributed by atoms with Crippen molar-refractivity contribution in [3.05, 3.63) is 57.4 Å². The van der Waals surface area contributed by atoms with Crippen LogP contribution in [-0.4, -0.2) is 50.2 Å². The number of nitro groups is 1. The summed E-state index contributed by atoms with van der Waals surface area (Å²) in [6.07, 6.45) is 4.88. The molecule has 0 unspecified atom stereocenters. The van der Waals surface area contributed by atoms with Crippen molar-refractivity contribution in [3.8, 4) is 5.69 Å². The average molecular weight is 466 g/mol. The molecule has 10 nitrogen and oxygen atoms in total. The van der Waals surface area contributed by atoms with E-state index in [1.54, 1.807) is 23.0 Å². The van der Waals surface area contributed by atoms with E-state index in [1.165, 1.54) is 23.3 Å². The Bertz CT molecular complexity index is 1190. The Balaban J connectivity index is 1.10. The van der Waals surface area contributed by atoms with Crippen molar-refractivity contribution in [3.63, 3.8) is 0 Å². The number of epoxide rings is 1. The molecule has 3 fully saturated rings. The fourth-order valence-corrected chi connectivity index (χ4v) is 6.19. The van der Waals surface area contributed by atoms with Gasteiger partial charge in [-0.3, -0.25) is 14.9 Å². The maximum atomic E-state index is 12.9. The molecule has 3 heterocycles. The lowest BCUT2D eigenvalue weighted by Gasteiger charge is -2.28. The van der Waals surface area contributed by atoms with E-state index in [9.17, 15) is 14.9 Å². The van der Waals surface area contributed by atoms with E-state index in [4.69, 9.17) is 9.47 Å². The second kappa shape index (κ2) is 7.71. The number of carbonyl (C=O) groups excluding carboxylic acids is 1. The molecule has 0 bridgehead atoms. The first kappa shape index (κ1) is 21.4. The van der Waals surface area contributed by atoms with Crippen LogP contribution in [0.15, 0.2) is 41.6 Å². The third kappa shape index (κ3) is 3.35. The molecule has 2 aliphatic heterocycles. The molecule has 1 aromatic heterocycles. The molecule has 6 atom stereocenters. The molecule has 1 N–H and O–H groups in total. The number of carbonyl (C=O) groups is 1. The van der Waals surface area contributed by atoms with Gasteiger partial charge in [0.2, 0.25) is 0 Å². The summed E-state index contributed by atoms with van der Waals surface area (Å²) in [4.78, 5) is 23.3. The Kier molecular flexibility index (Phi) is 4.86. The first-order valence-electron chi connectivity index (χ1n) is 11.8. The second-order valence-corrected chi connectivity index (χ2v) is 10.0. The Hall–Kier alpha value is -3.11. The first-order valence-corrected chi connectivity index (χ1v) is 11.8. The normalized spacial score (nSPS) is 33.7. The predicted molar refractivity (Wildman–Crippen MR) is 120 cm³/mol. The molecular weight excluding hydrogens is 438 g/mol. The van der Waals surface area contributed by atoms with Gasteiger partial charge in [-0.25, -0.2) is 4.68 Å². The summed E-state index contributed by atoms with van der Waals surface area (Å²) in [5.41, 5.74) is 4.16. The molecule has 0 amide bonds. The van der Waals surface area contributed by atoms with E-state index in [0.717, 1.165) is 25.0 Å². The van der Waals surface area contributed by atoms with Crippen molar-refractivity contribution >= 4 is 11.7 Å². The minimum absolute atomic E-state index is 0.0268. The Morgan fingerprint density at radius 1 is 1.32 bits per heavy atom. The van der Waals surface area contributed by atoms with Gasteiger partial charge in [-0.15, -0.1) is 5.10 Å². The minimum atomic E-state index is -0.436. The van der Waals surface area contributed by atoms with E-state index in [0.29, 0.717) is 18.8 Å². The molecule has 2 saturated heterocycles. The van der Waals surface area contributed by atoms with Crippen LogP contribution < -0.4 is 5.32 Å². The zero-order valence-electron chi connectivity index (χ0n) is 19.1. The van der Waals surface area contributed by atoms with Gasteiger partial charge in [0.15, 0.2) is 0 Å². The number of non-ortho nitro benzene ring substituents is 1. The molecule has 6 rings (SSSR count). The zero-order valence-corrected chi connectivity index (χ0v) is 19.1. The van der Waals surface area contributed by atoms with Crippen LogP contribution >= 0.6 is 0 Å². The van der Waals surface area contributed by atoms with Gasteiger partial charge in [0.05, 0.1) is 34.5 Å². The quantitative estimate of drug-likeness (QED) is 0.227. The third-order valence-electron chi connectivity index (χ3n) is 8.14. The summed E-state index contributed by atoms with van der Waals surface area (Å²) >= 11 is 0. The van der Waals surface area contributed by atoms with Crippen LogP contribution in [0.1, 0.15) is 38.8 Å². The summed E-state index contributed by atoms with van der Waals surface area (Å²) in [6, 6.07) is 6.14. The summed E-state index contributed by atoms with van der Waals surface area (Å²) < 4.78 is 13.6. The molecule has 1 aromatic carbocycles. The highest BCUT2D eigenvalue weighted by molar-refractivity contribution is 5.76. The molecule has 10 heteroatoms. The number of hydrogen-bond acceptors (Lipinski definition) is 8. The highest BCUT2D eigenvalue weighted by Gasteiger charge is 2.69. The zero-order chi connectivity index (χ0) is 23.6. The van der Waals surface area contributed by atoms with Crippen LogP contribution in [0.5, 0.6) is 0 Å². The number of aromatic nitrogens is 3. The lowest BCUT2D eigenvalue weighted by atomic mass is 9.78.